The Labute approximate surface area is 106 Å². The number of hydrogen-bond acceptors (Lipinski definition) is 6. The van der Waals surface area contributed by atoms with Crippen molar-refractivity contribution in [2.24, 2.45) is 0 Å². The lowest BCUT2D eigenvalue weighted by Gasteiger charge is -2.32. The van der Waals surface area contributed by atoms with Gasteiger partial charge in [0.2, 0.25) is 0 Å². The zero-order valence-electron chi connectivity index (χ0n) is 10.6. The summed E-state index contributed by atoms with van der Waals surface area (Å²) in [5.41, 5.74) is 4.01. The Morgan fingerprint density at radius 1 is 1.39 bits per heavy atom. The van der Waals surface area contributed by atoms with Crippen LogP contribution >= 0.6 is 0 Å². The van der Waals surface area contributed by atoms with E-state index in [1.165, 1.54) is 12.3 Å². The van der Waals surface area contributed by atoms with Gasteiger partial charge in [0.25, 0.3) is 5.69 Å². The lowest BCUT2D eigenvalue weighted by molar-refractivity contribution is -0.385. The molecule has 0 saturated carbocycles. The summed E-state index contributed by atoms with van der Waals surface area (Å²) in [6, 6.07) is 1.53. The average molecular weight is 251 g/mol. The third-order valence-electron chi connectivity index (χ3n) is 3.04. The molecule has 1 aromatic heterocycles. The molecule has 1 aliphatic rings. The van der Waals surface area contributed by atoms with Crippen molar-refractivity contribution in [2.45, 2.75) is 6.92 Å². The maximum atomic E-state index is 10.6. The van der Waals surface area contributed by atoms with Gasteiger partial charge in [0.1, 0.15) is 12.0 Å². The largest absolute Gasteiger partial charge is 0.304 e. The summed E-state index contributed by atoms with van der Waals surface area (Å²) in [4.78, 5) is 16.6. The van der Waals surface area contributed by atoms with E-state index in [-0.39, 0.29) is 5.69 Å². The molecule has 0 aromatic carbocycles. The van der Waals surface area contributed by atoms with Crippen LogP contribution in [0.3, 0.4) is 0 Å². The number of anilines is 1. The molecular weight excluding hydrogens is 234 g/mol. The van der Waals surface area contributed by atoms with Crippen molar-refractivity contribution in [1.29, 1.82) is 0 Å². The number of aromatic nitrogens is 1. The highest BCUT2D eigenvalue weighted by Crippen LogP contribution is 2.18. The number of nitrogens with zero attached hydrogens (tertiary/aromatic N) is 4. The standard InChI is InChI=1S/C11H17N5O2/c1-9-7-10(16(17)18)8-12-11(9)13-15-5-3-14(2)4-6-15/h7-8H,3-6H2,1-2H3,(H,12,13). The van der Waals surface area contributed by atoms with E-state index >= 15 is 0 Å². The summed E-state index contributed by atoms with van der Waals surface area (Å²) in [6.45, 7) is 5.64. The number of piperazine rings is 1. The fourth-order valence-electron chi connectivity index (χ4n) is 1.84. The van der Waals surface area contributed by atoms with Crippen LogP contribution in [0.2, 0.25) is 0 Å². The fourth-order valence-corrected chi connectivity index (χ4v) is 1.84. The number of hydrogen-bond donors (Lipinski definition) is 1. The van der Waals surface area contributed by atoms with E-state index in [0.29, 0.717) is 5.82 Å². The molecule has 0 unspecified atom stereocenters. The van der Waals surface area contributed by atoms with Crippen molar-refractivity contribution >= 4 is 11.5 Å². The second kappa shape index (κ2) is 5.28. The molecule has 2 heterocycles. The molecule has 7 heteroatoms. The quantitative estimate of drug-likeness (QED) is 0.634. The van der Waals surface area contributed by atoms with Crippen molar-refractivity contribution in [3.05, 3.63) is 27.9 Å². The molecule has 0 bridgehead atoms. The number of pyridine rings is 1. The smallest absolute Gasteiger partial charge is 0.287 e. The van der Waals surface area contributed by atoms with Gasteiger partial charge < -0.3 is 10.3 Å². The van der Waals surface area contributed by atoms with E-state index in [4.69, 9.17) is 0 Å². The number of nitro groups is 1. The Kier molecular flexibility index (Phi) is 3.73. The monoisotopic (exact) mass is 251 g/mol. The number of rotatable bonds is 3. The van der Waals surface area contributed by atoms with Crippen LogP contribution in [0.15, 0.2) is 12.3 Å². The first kappa shape index (κ1) is 12.7. The van der Waals surface area contributed by atoms with Crippen molar-refractivity contribution in [2.75, 3.05) is 38.7 Å². The lowest BCUT2D eigenvalue weighted by atomic mass is 10.2. The summed E-state index contributed by atoms with van der Waals surface area (Å²) < 4.78 is 0. The van der Waals surface area contributed by atoms with Gasteiger partial charge in [-0.05, 0) is 19.5 Å². The second-order valence-electron chi connectivity index (χ2n) is 4.52. The Hall–Kier alpha value is -1.73. The Morgan fingerprint density at radius 3 is 2.61 bits per heavy atom. The normalized spacial score (nSPS) is 17.7. The van der Waals surface area contributed by atoms with Gasteiger partial charge in [-0.15, -0.1) is 0 Å². The SMILES string of the molecule is Cc1cc([N+](=O)[O-])cnc1NN1CCN(C)CC1. The molecule has 0 spiro atoms. The highest BCUT2D eigenvalue weighted by Gasteiger charge is 2.16. The van der Waals surface area contributed by atoms with Crippen LogP contribution in [-0.2, 0) is 0 Å². The molecule has 18 heavy (non-hydrogen) atoms. The van der Waals surface area contributed by atoms with E-state index in [2.05, 4.69) is 27.4 Å². The second-order valence-corrected chi connectivity index (χ2v) is 4.52. The molecule has 0 aliphatic carbocycles. The Bertz CT molecular complexity index is 443. The molecule has 98 valence electrons. The zero-order chi connectivity index (χ0) is 13.1. The van der Waals surface area contributed by atoms with Gasteiger partial charge in [-0.2, -0.15) is 0 Å². The molecule has 1 fully saturated rings. The third kappa shape index (κ3) is 2.93. The highest BCUT2D eigenvalue weighted by molar-refractivity contribution is 5.47. The first-order chi connectivity index (χ1) is 8.56. The predicted molar refractivity (Wildman–Crippen MR) is 68.3 cm³/mol. The van der Waals surface area contributed by atoms with Crippen LogP contribution in [0.25, 0.3) is 0 Å². The fraction of sp³-hybridized carbons (Fsp3) is 0.545. The first-order valence-corrected chi connectivity index (χ1v) is 5.87. The molecule has 2 rings (SSSR count). The molecule has 1 aromatic rings. The van der Waals surface area contributed by atoms with Gasteiger partial charge in [0, 0.05) is 32.2 Å². The third-order valence-corrected chi connectivity index (χ3v) is 3.04. The molecule has 7 nitrogen and oxygen atoms in total. The van der Waals surface area contributed by atoms with Crippen LogP contribution < -0.4 is 5.43 Å². The number of likely N-dealkylation sites (N-methyl/N-ethyl adjacent to an activating group) is 1. The maximum Gasteiger partial charge on any atom is 0.287 e. The van der Waals surface area contributed by atoms with Crippen molar-refractivity contribution in [1.82, 2.24) is 14.9 Å². The van der Waals surface area contributed by atoms with Crippen molar-refractivity contribution in [3.63, 3.8) is 0 Å². The summed E-state index contributed by atoms with van der Waals surface area (Å²) in [5.74, 6) is 0.685. The van der Waals surface area contributed by atoms with E-state index in [1.54, 1.807) is 0 Å². The molecule has 0 radical (unpaired) electrons. The van der Waals surface area contributed by atoms with Crippen molar-refractivity contribution < 1.29 is 4.92 Å². The van der Waals surface area contributed by atoms with Gasteiger partial charge >= 0.3 is 0 Å². The van der Waals surface area contributed by atoms with Crippen LogP contribution in [0, 0.1) is 17.0 Å². The average Bonchev–Trinajstić information content (AvgIpc) is 2.34. The lowest BCUT2D eigenvalue weighted by Crippen LogP contribution is -2.47. The minimum atomic E-state index is -0.431. The first-order valence-electron chi connectivity index (χ1n) is 5.87. The van der Waals surface area contributed by atoms with E-state index in [0.717, 1.165) is 31.7 Å². The summed E-state index contributed by atoms with van der Waals surface area (Å²) in [5, 5.41) is 12.7. The topological polar surface area (TPSA) is 74.5 Å². The van der Waals surface area contributed by atoms with Gasteiger partial charge in [0.05, 0.1) is 4.92 Å². The Balaban J connectivity index is 2.03. The maximum absolute atomic E-state index is 10.6. The van der Waals surface area contributed by atoms with Gasteiger partial charge in [-0.1, -0.05) is 0 Å². The number of hydrazine groups is 1. The number of aryl methyl sites for hydroxylation is 1. The molecule has 1 aliphatic heterocycles. The molecule has 1 N–H and O–H groups in total. The molecule has 0 amide bonds. The minimum absolute atomic E-state index is 0.0245. The summed E-state index contributed by atoms with van der Waals surface area (Å²) in [7, 11) is 2.09. The van der Waals surface area contributed by atoms with Crippen molar-refractivity contribution in [3.8, 4) is 0 Å². The van der Waals surface area contributed by atoms with E-state index in [1.807, 2.05) is 6.92 Å². The molecule has 1 saturated heterocycles. The van der Waals surface area contributed by atoms with E-state index < -0.39 is 4.92 Å². The highest BCUT2D eigenvalue weighted by atomic mass is 16.6. The van der Waals surface area contributed by atoms with Gasteiger partial charge in [0.15, 0.2) is 0 Å². The summed E-state index contributed by atoms with van der Waals surface area (Å²) in [6.07, 6.45) is 1.28. The summed E-state index contributed by atoms with van der Waals surface area (Å²) >= 11 is 0. The Morgan fingerprint density at radius 2 is 2.06 bits per heavy atom. The zero-order valence-corrected chi connectivity index (χ0v) is 10.6. The molecule has 0 atom stereocenters. The minimum Gasteiger partial charge on any atom is -0.304 e. The number of nitrogens with one attached hydrogen (secondary N) is 1. The van der Waals surface area contributed by atoms with Gasteiger partial charge in [-0.3, -0.25) is 10.1 Å². The van der Waals surface area contributed by atoms with Crippen LogP contribution in [0.1, 0.15) is 5.56 Å². The van der Waals surface area contributed by atoms with Crippen LogP contribution in [0.5, 0.6) is 0 Å². The van der Waals surface area contributed by atoms with Gasteiger partial charge in [-0.25, -0.2) is 9.99 Å². The van der Waals surface area contributed by atoms with Crippen LogP contribution in [-0.4, -0.2) is 53.0 Å². The predicted octanol–water partition coefficient (Wildman–Crippen LogP) is 0.873. The van der Waals surface area contributed by atoms with E-state index in [9.17, 15) is 10.1 Å². The van der Waals surface area contributed by atoms with Crippen LogP contribution in [0.4, 0.5) is 11.5 Å². The molecular formula is C11H17N5O2.